The summed E-state index contributed by atoms with van der Waals surface area (Å²) >= 11 is 0. The first-order valence-electron chi connectivity index (χ1n) is 8.22. The van der Waals surface area contributed by atoms with E-state index in [1.165, 1.54) is 10.9 Å². The molecule has 0 spiro atoms. The van der Waals surface area contributed by atoms with Crippen molar-refractivity contribution < 1.29 is 9.53 Å². The number of ether oxygens (including phenoxy) is 1. The molecule has 4 nitrogen and oxygen atoms in total. The van der Waals surface area contributed by atoms with Crippen LogP contribution in [0, 0.1) is 0 Å². The number of benzene rings is 1. The number of carbonyl (C=O) groups excluding carboxylic acids is 1. The van der Waals surface area contributed by atoms with Crippen molar-refractivity contribution in [1.29, 1.82) is 0 Å². The molecule has 1 aromatic carbocycles. The van der Waals surface area contributed by atoms with E-state index >= 15 is 0 Å². The highest BCUT2D eigenvalue weighted by molar-refractivity contribution is 5.84. The van der Waals surface area contributed by atoms with Gasteiger partial charge in [0.15, 0.2) is 0 Å². The number of fused-ring (bicyclic) bond motifs is 1. The van der Waals surface area contributed by atoms with E-state index in [0.29, 0.717) is 12.5 Å². The van der Waals surface area contributed by atoms with Crippen LogP contribution in [0.5, 0.6) is 0 Å². The lowest BCUT2D eigenvalue weighted by Crippen LogP contribution is -2.41. The summed E-state index contributed by atoms with van der Waals surface area (Å²) in [6.07, 6.45) is 5.68. The Morgan fingerprint density at radius 2 is 2.09 bits per heavy atom. The van der Waals surface area contributed by atoms with Gasteiger partial charge in [-0.2, -0.15) is 0 Å². The molecule has 1 amide bonds. The Hall–Kier alpha value is -1.81. The number of nitrogens with one attached hydrogen (secondary N) is 1. The van der Waals surface area contributed by atoms with Crippen LogP contribution in [-0.2, 0) is 16.0 Å². The number of H-pyrrole nitrogens is 1. The average molecular weight is 300 g/mol. The van der Waals surface area contributed by atoms with Crippen molar-refractivity contribution in [2.75, 3.05) is 19.7 Å². The largest absolute Gasteiger partial charge is 0.378 e. The number of rotatable bonds is 5. The molecular weight excluding hydrogens is 276 g/mol. The van der Waals surface area contributed by atoms with Crippen LogP contribution in [0.25, 0.3) is 10.9 Å². The minimum atomic E-state index is 0.264. The highest BCUT2D eigenvalue weighted by Gasteiger charge is 2.22. The number of aromatic amines is 1. The Bertz CT molecular complexity index is 627. The van der Waals surface area contributed by atoms with Gasteiger partial charge in [-0.25, -0.2) is 0 Å². The van der Waals surface area contributed by atoms with E-state index in [1.54, 1.807) is 0 Å². The summed E-state index contributed by atoms with van der Waals surface area (Å²) < 4.78 is 5.64. The number of aromatic nitrogens is 1. The lowest BCUT2D eigenvalue weighted by Gasteiger charge is -2.31. The molecule has 0 bridgehead atoms. The molecule has 2 aromatic rings. The molecular formula is C18H24N2O2. The van der Waals surface area contributed by atoms with Gasteiger partial charge in [0.05, 0.1) is 6.10 Å². The molecule has 1 fully saturated rings. The van der Waals surface area contributed by atoms with Crippen molar-refractivity contribution in [3.05, 3.63) is 36.0 Å². The van der Waals surface area contributed by atoms with Crippen LogP contribution in [0.2, 0.25) is 0 Å². The van der Waals surface area contributed by atoms with Gasteiger partial charge < -0.3 is 14.6 Å². The summed E-state index contributed by atoms with van der Waals surface area (Å²) in [4.78, 5) is 17.6. The van der Waals surface area contributed by atoms with Gasteiger partial charge in [0.1, 0.15) is 0 Å². The third kappa shape index (κ3) is 3.33. The van der Waals surface area contributed by atoms with Crippen molar-refractivity contribution in [3.63, 3.8) is 0 Å². The normalized spacial score (nSPS) is 16.3. The molecule has 1 aliphatic rings. The summed E-state index contributed by atoms with van der Waals surface area (Å²) in [5.41, 5.74) is 2.37. The summed E-state index contributed by atoms with van der Waals surface area (Å²) in [6, 6.07) is 8.24. The average Bonchev–Trinajstić information content (AvgIpc) is 2.97. The van der Waals surface area contributed by atoms with Gasteiger partial charge in [0.25, 0.3) is 0 Å². The summed E-state index contributed by atoms with van der Waals surface area (Å²) in [5.74, 6) is 0.264. The number of hydrogen-bond acceptors (Lipinski definition) is 2. The number of amides is 1. The predicted molar refractivity (Wildman–Crippen MR) is 87.8 cm³/mol. The van der Waals surface area contributed by atoms with Crippen LogP contribution in [0.15, 0.2) is 30.5 Å². The zero-order valence-corrected chi connectivity index (χ0v) is 13.2. The first kappa shape index (κ1) is 15.1. The number of nitrogens with zero attached hydrogens (tertiary/aromatic N) is 1. The fraction of sp³-hybridized carbons (Fsp3) is 0.500. The molecule has 1 N–H and O–H groups in total. The highest BCUT2D eigenvalue weighted by Crippen LogP contribution is 2.20. The van der Waals surface area contributed by atoms with E-state index in [0.717, 1.165) is 44.5 Å². The van der Waals surface area contributed by atoms with Gasteiger partial charge in [0, 0.05) is 43.2 Å². The summed E-state index contributed by atoms with van der Waals surface area (Å²) in [7, 11) is 0. The van der Waals surface area contributed by atoms with Crippen LogP contribution < -0.4 is 0 Å². The first-order valence-corrected chi connectivity index (χ1v) is 8.22. The molecule has 0 saturated carbocycles. The molecule has 118 valence electrons. The van der Waals surface area contributed by atoms with E-state index < -0.39 is 0 Å². The number of para-hydroxylation sites is 1. The maximum absolute atomic E-state index is 12.4. The van der Waals surface area contributed by atoms with E-state index in [4.69, 9.17) is 4.74 Å². The lowest BCUT2D eigenvalue weighted by molar-refractivity contribution is -0.133. The van der Waals surface area contributed by atoms with Crippen LogP contribution >= 0.6 is 0 Å². The van der Waals surface area contributed by atoms with Crippen LogP contribution in [0.1, 0.15) is 31.7 Å². The van der Waals surface area contributed by atoms with Crippen molar-refractivity contribution in [1.82, 2.24) is 9.88 Å². The van der Waals surface area contributed by atoms with E-state index in [-0.39, 0.29) is 5.91 Å². The van der Waals surface area contributed by atoms with Crippen LogP contribution in [-0.4, -0.2) is 41.6 Å². The van der Waals surface area contributed by atoms with E-state index in [1.807, 2.05) is 30.2 Å². The smallest absolute Gasteiger partial charge is 0.222 e. The number of piperidine rings is 1. The quantitative estimate of drug-likeness (QED) is 0.922. The van der Waals surface area contributed by atoms with Crippen molar-refractivity contribution >= 4 is 16.8 Å². The third-order valence-corrected chi connectivity index (χ3v) is 4.48. The van der Waals surface area contributed by atoms with Crippen molar-refractivity contribution in [2.24, 2.45) is 0 Å². The molecule has 1 aliphatic heterocycles. The summed E-state index contributed by atoms with van der Waals surface area (Å²) in [5, 5.41) is 1.23. The molecule has 0 radical (unpaired) electrons. The van der Waals surface area contributed by atoms with Gasteiger partial charge in [-0.05, 0) is 37.8 Å². The van der Waals surface area contributed by atoms with Crippen molar-refractivity contribution in [3.8, 4) is 0 Å². The highest BCUT2D eigenvalue weighted by atomic mass is 16.5. The third-order valence-electron chi connectivity index (χ3n) is 4.48. The zero-order chi connectivity index (χ0) is 15.4. The zero-order valence-electron chi connectivity index (χ0n) is 13.2. The second-order valence-electron chi connectivity index (χ2n) is 5.89. The lowest BCUT2D eigenvalue weighted by atomic mass is 10.1. The molecule has 1 saturated heterocycles. The minimum Gasteiger partial charge on any atom is -0.378 e. The SMILES string of the molecule is CCOC1CCN(C(=O)CCc2c[nH]c3ccccc23)CC1. The van der Waals surface area contributed by atoms with E-state index in [2.05, 4.69) is 17.1 Å². The Kier molecular flexibility index (Phi) is 4.78. The Morgan fingerprint density at radius 3 is 2.86 bits per heavy atom. The minimum absolute atomic E-state index is 0.264. The van der Waals surface area contributed by atoms with Crippen LogP contribution in [0.4, 0.5) is 0 Å². The molecule has 0 atom stereocenters. The monoisotopic (exact) mass is 300 g/mol. The molecule has 0 aliphatic carbocycles. The topological polar surface area (TPSA) is 45.3 Å². The second kappa shape index (κ2) is 6.97. The molecule has 0 unspecified atom stereocenters. The Morgan fingerprint density at radius 1 is 1.32 bits per heavy atom. The van der Waals surface area contributed by atoms with Gasteiger partial charge in [0.2, 0.25) is 5.91 Å². The number of likely N-dealkylation sites (tertiary alicyclic amines) is 1. The molecule has 22 heavy (non-hydrogen) atoms. The molecule has 2 heterocycles. The van der Waals surface area contributed by atoms with Crippen LogP contribution in [0.3, 0.4) is 0 Å². The molecule has 4 heteroatoms. The predicted octanol–water partition coefficient (Wildman–Crippen LogP) is 3.13. The van der Waals surface area contributed by atoms with E-state index in [9.17, 15) is 4.79 Å². The fourth-order valence-corrected chi connectivity index (χ4v) is 3.25. The van der Waals surface area contributed by atoms with Gasteiger partial charge in [-0.1, -0.05) is 18.2 Å². The standard InChI is InChI=1S/C18H24N2O2/c1-2-22-15-9-11-20(12-10-15)18(21)8-7-14-13-19-17-6-4-3-5-16(14)17/h3-6,13,15,19H,2,7-12H2,1H3. The Balaban J connectivity index is 1.52. The maximum Gasteiger partial charge on any atom is 0.222 e. The summed E-state index contributed by atoms with van der Waals surface area (Å²) in [6.45, 7) is 4.45. The van der Waals surface area contributed by atoms with Crippen molar-refractivity contribution in [2.45, 2.75) is 38.7 Å². The fourth-order valence-electron chi connectivity index (χ4n) is 3.25. The Labute approximate surface area is 131 Å². The van der Waals surface area contributed by atoms with Gasteiger partial charge in [-0.3, -0.25) is 4.79 Å². The maximum atomic E-state index is 12.4. The van der Waals surface area contributed by atoms with Gasteiger partial charge >= 0.3 is 0 Å². The number of carbonyl (C=O) groups is 1. The molecule has 1 aromatic heterocycles. The first-order chi connectivity index (χ1) is 10.8. The number of hydrogen-bond donors (Lipinski definition) is 1. The second-order valence-corrected chi connectivity index (χ2v) is 5.89. The number of aryl methyl sites for hydroxylation is 1. The molecule has 3 rings (SSSR count). The van der Waals surface area contributed by atoms with Gasteiger partial charge in [-0.15, -0.1) is 0 Å².